The summed E-state index contributed by atoms with van der Waals surface area (Å²) in [5.74, 6) is 0.591. The number of fused-ring (bicyclic) bond motifs is 1. The molecule has 0 N–H and O–H groups in total. The second kappa shape index (κ2) is 7.87. The van der Waals surface area contributed by atoms with Gasteiger partial charge in [0.1, 0.15) is 5.75 Å². The van der Waals surface area contributed by atoms with E-state index in [4.69, 9.17) is 16.3 Å². The Morgan fingerprint density at radius 3 is 2.56 bits per heavy atom. The molecule has 0 aliphatic heterocycles. The molecule has 0 bridgehead atoms. The van der Waals surface area contributed by atoms with Crippen molar-refractivity contribution in [1.29, 1.82) is 5.26 Å². The van der Waals surface area contributed by atoms with Crippen molar-refractivity contribution in [2.75, 3.05) is 27.7 Å². The molecule has 7 heteroatoms. The van der Waals surface area contributed by atoms with E-state index in [2.05, 4.69) is 6.07 Å². The number of likely N-dealkylation sites (N-methyl/N-ethyl adjacent to an activating group) is 1. The highest BCUT2D eigenvalue weighted by molar-refractivity contribution is 6.32. The van der Waals surface area contributed by atoms with E-state index in [1.54, 1.807) is 40.5 Å². The highest BCUT2D eigenvalue weighted by atomic mass is 35.5. The molecule has 0 atom stereocenters. The lowest BCUT2D eigenvalue weighted by Crippen LogP contribution is -2.28. The van der Waals surface area contributed by atoms with E-state index in [9.17, 15) is 10.1 Å². The third-order valence-electron chi connectivity index (χ3n) is 4.48. The molecule has 1 heterocycles. The highest BCUT2D eigenvalue weighted by Gasteiger charge is 2.15. The first-order chi connectivity index (χ1) is 12.9. The first-order valence-electron chi connectivity index (χ1n) is 8.55. The fourth-order valence-electron chi connectivity index (χ4n) is 3.05. The van der Waals surface area contributed by atoms with Gasteiger partial charge in [0, 0.05) is 13.1 Å². The molecule has 6 nitrogen and oxygen atoms in total. The molecule has 3 aromatic rings. The Labute approximate surface area is 162 Å². The Balaban J connectivity index is 2.10. The summed E-state index contributed by atoms with van der Waals surface area (Å²) in [6.45, 7) is 1.68. The molecule has 0 unspecified atom stereocenters. The molecule has 0 spiro atoms. The molecule has 140 valence electrons. The number of nitriles is 1. The lowest BCUT2D eigenvalue weighted by molar-refractivity contribution is 0.382. The van der Waals surface area contributed by atoms with Gasteiger partial charge in [-0.05, 0) is 50.0 Å². The predicted octanol–water partition coefficient (Wildman–Crippen LogP) is 2.95. The minimum absolute atomic E-state index is 0.103. The molecule has 27 heavy (non-hydrogen) atoms. The van der Waals surface area contributed by atoms with Gasteiger partial charge in [0.05, 0.1) is 41.3 Å². The Morgan fingerprint density at radius 2 is 1.93 bits per heavy atom. The second-order valence-corrected chi connectivity index (χ2v) is 7.02. The smallest absolute Gasteiger partial charge is 0.329 e. The number of rotatable bonds is 6. The third-order valence-corrected chi connectivity index (χ3v) is 4.77. The molecule has 0 saturated carbocycles. The Bertz CT molecular complexity index is 1080. The second-order valence-electron chi connectivity index (χ2n) is 6.61. The van der Waals surface area contributed by atoms with E-state index >= 15 is 0 Å². The lowest BCUT2D eigenvalue weighted by Gasteiger charge is -2.10. The van der Waals surface area contributed by atoms with Crippen molar-refractivity contribution in [2.24, 2.45) is 0 Å². The van der Waals surface area contributed by atoms with Gasteiger partial charge in [-0.3, -0.25) is 9.13 Å². The summed E-state index contributed by atoms with van der Waals surface area (Å²) in [4.78, 5) is 15.1. The molecule has 0 saturated heterocycles. The van der Waals surface area contributed by atoms with Crippen LogP contribution in [-0.2, 0) is 13.1 Å². The van der Waals surface area contributed by atoms with Crippen LogP contribution in [-0.4, -0.2) is 41.8 Å². The molecule has 1 aromatic heterocycles. The molecule has 2 aromatic carbocycles. The van der Waals surface area contributed by atoms with Crippen LogP contribution >= 0.6 is 11.6 Å². The largest absolute Gasteiger partial charge is 0.495 e. The van der Waals surface area contributed by atoms with Crippen molar-refractivity contribution in [3.63, 3.8) is 0 Å². The van der Waals surface area contributed by atoms with E-state index in [0.29, 0.717) is 29.4 Å². The van der Waals surface area contributed by atoms with Crippen LogP contribution in [0.2, 0.25) is 5.02 Å². The molecule has 0 fully saturated rings. The summed E-state index contributed by atoms with van der Waals surface area (Å²) in [5.41, 5.74) is 2.87. The van der Waals surface area contributed by atoms with Crippen LogP contribution in [0.5, 0.6) is 5.75 Å². The zero-order valence-corrected chi connectivity index (χ0v) is 16.3. The Hall–Kier alpha value is -2.75. The lowest BCUT2D eigenvalue weighted by atomic mass is 10.2. The number of hydrogen-bond donors (Lipinski definition) is 0. The van der Waals surface area contributed by atoms with Crippen molar-refractivity contribution in [2.45, 2.75) is 13.1 Å². The van der Waals surface area contributed by atoms with Gasteiger partial charge in [-0.15, -0.1) is 0 Å². The van der Waals surface area contributed by atoms with Crippen molar-refractivity contribution in [1.82, 2.24) is 14.0 Å². The third kappa shape index (κ3) is 3.85. The monoisotopic (exact) mass is 384 g/mol. The summed E-state index contributed by atoms with van der Waals surface area (Å²) in [5, 5.41) is 9.74. The van der Waals surface area contributed by atoms with Gasteiger partial charge < -0.3 is 9.64 Å². The first-order valence-corrected chi connectivity index (χ1v) is 8.92. The quantitative estimate of drug-likeness (QED) is 0.655. The van der Waals surface area contributed by atoms with E-state index in [0.717, 1.165) is 23.1 Å². The Kier molecular flexibility index (Phi) is 5.54. The normalized spacial score (nSPS) is 11.1. The number of ether oxygens (including phenoxy) is 1. The van der Waals surface area contributed by atoms with Gasteiger partial charge in [-0.2, -0.15) is 5.26 Å². The summed E-state index contributed by atoms with van der Waals surface area (Å²) >= 11 is 6.23. The van der Waals surface area contributed by atoms with Gasteiger partial charge >= 0.3 is 5.69 Å². The minimum Gasteiger partial charge on any atom is -0.495 e. The van der Waals surface area contributed by atoms with Crippen LogP contribution in [0, 0.1) is 11.3 Å². The Morgan fingerprint density at radius 1 is 1.15 bits per heavy atom. The maximum absolute atomic E-state index is 13.1. The fraction of sp³-hybridized carbons (Fsp3) is 0.300. The number of nitrogens with zero attached hydrogens (tertiary/aromatic N) is 4. The van der Waals surface area contributed by atoms with Gasteiger partial charge in [0.15, 0.2) is 0 Å². The number of aromatic nitrogens is 2. The topological polar surface area (TPSA) is 63.2 Å². The van der Waals surface area contributed by atoms with Crippen LogP contribution in [0.15, 0.2) is 41.2 Å². The van der Waals surface area contributed by atoms with E-state index in [1.165, 1.54) is 0 Å². The maximum Gasteiger partial charge on any atom is 0.329 e. The number of imidazole rings is 1. The summed E-state index contributed by atoms with van der Waals surface area (Å²) in [6, 6.07) is 12.9. The van der Waals surface area contributed by atoms with Gasteiger partial charge in [-0.25, -0.2) is 4.79 Å². The average Bonchev–Trinajstić information content (AvgIpc) is 2.91. The SMILES string of the molecule is COc1ccc(Cn2c(=O)n(CCN(C)C)c3ccc(C#N)cc32)cc1Cl. The molecule has 0 aliphatic carbocycles. The fourth-order valence-corrected chi connectivity index (χ4v) is 3.33. The van der Waals surface area contributed by atoms with Crippen molar-refractivity contribution in [3.8, 4) is 11.8 Å². The summed E-state index contributed by atoms with van der Waals surface area (Å²) in [6.07, 6.45) is 0. The zero-order valence-electron chi connectivity index (χ0n) is 15.6. The van der Waals surface area contributed by atoms with Crippen LogP contribution in [0.25, 0.3) is 11.0 Å². The highest BCUT2D eigenvalue weighted by Crippen LogP contribution is 2.26. The first kappa shape index (κ1) is 19.0. The van der Waals surface area contributed by atoms with Crippen molar-refractivity contribution in [3.05, 3.63) is 63.0 Å². The summed E-state index contributed by atoms with van der Waals surface area (Å²) in [7, 11) is 5.50. The molecule has 3 rings (SSSR count). The van der Waals surface area contributed by atoms with Crippen molar-refractivity contribution < 1.29 is 4.74 Å². The van der Waals surface area contributed by atoms with Gasteiger partial charge in [0.2, 0.25) is 0 Å². The van der Waals surface area contributed by atoms with Crippen LogP contribution in [0.3, 0.4) is 0 Å². The number of hydrogen-bond acceptors (Lipinski definition) is 4. The van der Waals surface area contributed by atoms with Gasteiger partial charge in [0.25, 0.3) is 0 Å². The molecule has 0 radical (unpaired) electrons. The molecular weight excluding hydrogens is 364 g/mol. The predicted molar refractivity (Wildman–Crippen MR) is 107 cm³/mol. The zero-order chi connectivity index (χ0) is 19.6. The van der Waals surface area contributed by atoms with E-state index < -0.39 is 0 Å². The molecule has 0 aliphatic rings. The maximum atomic E-state index is 13.1. The number of halogens is 1. The molecule has 0 amide bonds. The standard InChI is InChI=1S/C20H21ClN4O2/c1-23(2)8-9-24-17-6-4-14(12-22)11-18(17)25(20(24)26)13-15-5-7-19(27-3)16(21)10-15/h4-7,10-11H,8-9,13H2,1-3H3. The van der Waals surface area contributed by atoms with Gasteiger partial charge in [-0.1, -0.05) is 17.7 Å². The minimum atomic E-state index is -0.103. The number of methoxy groups -OCH3 is 1. The van der Waals surface area contributed by atoms with Crippen molar-refractivity contribution >= 4 is 22.6 Å². The van der Waals surface area contributed by atoms with E-state index in [-0.39, 0.29) is 5.69 Å². The number of benzene rings is 2. The van der Waals surface area contributed by atoms with Crippen LogP contribution in [0.1, 0.15) is 11.1 Å². The average molecular weight is 385 g/mol. The van der Waals surface area contributed by atoms with Crippen LogP contribution < -0.4 is 10.4 Å². The van der Waals surface area contributed by atoms with Crippen LogP contribution in [0.4, 0.5) is 0 Å². The summed E-state index contributed by atoms with van der Waals surface area (Å²) < 4.78 is 8.62. The molecular formula is C20H21ClN4O2. The van der Waals surface area contributed by atoms with E-state index in [1.807, 2.05) is 31.1 Å².